The van der Waals surface area contributed by atoms with E-state index in [2.05, 4.69) is 31.3 Å². The number of carbonyl (C=O) groups excluding carboxylic acids is 1. The Labute approximate surface area is 145 Å². The number of benzene rings is 1. The molecule has 1 N–H and O–H groups in total. The molecule has 1 saturated heterocycles. The van der Waals surface area contributed by atoms with Crippen molar-refractivity contribution in [2.24, 2.45) is 5.92 Å². The van der Waals surface area contributed by atoms with Crippen LogP contribution >= 0.6 is 0 Å². The van der Waals surface area contributed by atoms with Crippen LogP contribution in [0.15, 0.2) is 30.3 Å². The van der Waals surface area contributed by atoms with Crippen molar-refractivity contribution >= 4 is 15.7 Å². The highest BCUT2D eigenvalue weighted by atomic mass is 32.2. The van der Waals surface area contributed by atoms with E-state index in [-0.39, 0.29) is 35.5 Å². The lowest BCUT2D eigenvalue weighted by Gasteiger charge is -2.31. The molecule has 0 spiro atoms. The van der Waals surface area contributed by atoms with Gasteiger partial charge in [0.05, 0.1) is 17.5 Å². The summed E-state index contributed by atoms with van der Waals surface area (Å²) in [5.41, 5.74) is 1.15. The molecule has 1 aliphatic rings. The van der Waals surface area contributed by atoms with Crippen LogP contribution in [0.2, 0.25) is 0 Å². The summed E-state index contributed by atoms with van der Waals surface area (Å²) in [4.78, 5) is 14.3. The van der Waals surface area contributed by atoms with Crippen LogP contribution in [0, 0.1) is 5.92 Å². The first-order valence-corrected chi connectivity index (χ1v) is 10.3. The molecule has 0 aliphatic carbocycles. The van der Waals surface area contributed by atoms with Crippen LogP contribution in [0.25, 0.3) is 0 Å². The predicted molar refractivity (Wildman–Crippen MR) is 96.4 cm³/mol. The number of rotatable bonds is 6. The van der Waals surface area contributed by atoms with Crippen LogP contribution in [0.1, 0.15) is 38.8 Å². The topological polar surface area (TPSA) is 66.5 Å². The molecule has 0 aromatic heterocycles. The lowest BCUT2D eigenvalue weighted by molar-refractivity contribution is -0.133. The molecule has 24 heavy (non-hydrogen) atoms. The van der Waals surface area contributed by atoms with Gasteiger partial charge in [0.25, 0.3) is 0 Å². The molecular formula is C18H28N2O3S. The van der Waals surface area contributed by atoms with Gasteiger partial charge in [-0.15, -0.1) is 0 Å². The molecule has 1 fully saturated rings. The van der Waals surface area contributed by atoms with Gasteiger partial charge in [-0.25, -0.2) is 8.42 Å². The van der Waals surface area contributed by atoms with Crippen molar-refractivity contribution in [1.29, 1.82) is 0 Å². The van der Waals surface area contributed by atoms with Crippen LogP contribution in [-0.4, -0.2) is 49.9 Å². The van der Waals surface area contributed by atoms with Crippen LogP contribution in [0.3, 0.4) is 0 Å². The molecule has 1 heterocycles. The number of amides is 1. The fourth-order valence-corrected chi connectivity index (χ4v) is 5.02. The maximum atomic E-state index is 12.7. The standard InChI is InChI=1S/C18H28N2O3S/c1-13(2)17(15-8-6-5-7-9-15)19-14(3)18(21)20(4)16-10-11-24(22,23)12-16/h5-9,13-14,16-17,19H,10-12H2,1-4H3/t14-,16-,17-/m0/s1. The van der Waals surface area contributed by atoms with Crippen LogP contribution in [0.5, 0.6) is 0 Å². The minimum atomic E-state index is -2.99. The second-order valence-electron chi connectivity index (χ2n) is 7.03. The average molecular weight is 353 g/mol. The van der Waals surface area contributed by atoms with Gasteiger partial charge in [0.1, 0.15) is 0 Å². The fourth-order valence-electron chi connectivity index (χ4n) is 3.24. The lowest BCUT2D eigenvalue weighted by Crippen LogP contribution is -2.49. The highest BCUT2D eigenvalue weighted by Crippen LogP contribution is 2.23. The number of carbonyl (C=O) groups is 1. The first-order chi connectivity index (χ1) is 11.2. The van der Waals surface area contributed by atoms with E-state index >= 15 is 0 Å². The van der Waals surface area contributed by atoms with Gasteiger partial charge in [-0.2, -0.15) is 0 Å². The molecule has 1 amide bonds. The molecule has 6 heteroatoms. The number of hydrogen-bond donors (Lipinski definition) is 1. The number of sulfone groups is 1. The second-order valence-corrected chi connectivity index (χ2v) is 9.26. The summed E-state index contributed by atoms with van der Waals surface area (Å²) in [6, 6.07) is 9.58. The summed E-state index contributed by atoms with van der Waals surface area (Å²) in [6.07, 6.45) is 0.531. The smallest absolute Gasteiger partial charge is 0.239 e. The lowest BCUT2D eigenvalue weighted by atomic mass is 9.95. The van der Waals surface area contributed by atoms with Crippen LogP contribution in [-0.2, 0) is 14.6 Å². The monoisotopic (exact) mass is 352 g/mol. The summed E-state index contributed by atoms with van der Waals surface area (Å²) in [5, 5.41) is 3.42. The molecular weight excluding hydrogens is 324 g/mol. The normalized spacial score (nSPS) is 22.3. The third-order valence-corrected chi connectivity index (χ3v) is 6.48. The van der Waals surface area contributed by atoms with Crippen molar-refractivity contribution in [1.82, 2.24) is 10.2 Å². The Bertz CT molecular complexity index is 658. The van der Waals surface area contributed by atoms with Gasteiger partial charge in [-0.3, -0.25) is 10.1 Å². The molecule has 1 aromatic carbocycles. The molecule has 0 saturated carbocycles. The highest BCUT2D eigenvalue weighted by molar-refractivity contribution is 7.91. The number of nitrogens with zero attached hydrogens (tertiary/aromatic N) is 1. The molecule has 5 nitrogen and oxygen atoms in total. The van der Waals surface area contributed by atoms with Crippen LogP contribution < -0.4 is 5.32 Å². The van der Waals surface area contributed by atoms with E-state index in [1.807, 2.05) is 25.1 Å². The first-order valence-electron chi connectivity index (χ1n) is 8.49. The Morgan fingerprint density at radius 1 is 1.21 bits per heavy atom. The van der Waals surface area contributed by atoms with E-state index < -0.39 is 9.84 Å². The Morgan fingerprint density at radius 3 is 2.33 bits per heavy atom. The summed E-state index contributed by atoms with van der Waals surface area (Å²) < 4.78 is 23.3. The van der Waals surface area contributed by atoms with Gasteiger partial charge in [0, 0.05) is 19.1 Å². The van der Waals surface area contributed by atoms with Crippen molar-refractivity contribution in [3.63, 3.8) is 0 Å². The average Bonchev–Trinajstić information content (AvgIpc) is 2.91. The fraction of sp³-hybridized carbons (Fsp3) is 0.611. The van der Waals surface area contributed by atoms with Gasteiger partial charge < -0.3 is 4.90 Å². The summed E-state index contributed by atoms with van der Waals surface area (Å²) in [6.45, 7) is 6.09. The molecule has 0 unspecified atom stereocenters. The van der Waals surface area contributed by atoms with E-state index in [0.29, 0.717) is 12.3 Å². The molecule has 134 valence electrons. The minimum absolute atomic E-state index is 0.0568. The highest BCUT2D eigenvalue weighted by Gasteiger charge is 2.34. The Kier molecular flexibility index (Phi) is 6.04. The van der Waals surface area contributed by atoms with E-state index in [0.717, 1.165) is 5.56 Å². The van der Waals surface area contributed by atoms with Gasteiger partial charge in [-0.1, -0.05) is 44.2 Å². The maximum Gasteiger partial charge on any atom is 0.239 e. The molecule has 1 aliphatic heterocycles. The number of likely N-dealkylation sites (N-methyl/N-ethyl adjacent to an activating group) is 1. The molecule has 1 aromatic rings. The Hall–Kier alpha value is -1.40. The van der Waals surface area contributed by atoms with E-state index in [1.165, 1.54) is 0 Å². The SMILES string of the molecule is CC(C)[C@H](N[C@@H](C)C(=O)N(C)[C@H]1CCS(=O)(=O)C1)c1ccccc1. The van der Waals surface area contributed by atoms with Crippen molar-refractivity contribution in [2.75, 3.05) is 18.6 Å². The predicted octanol–water partition coefficient (Wildman–Crippen LogP) is 2.01. The zero-order valence-corrected chi connectivity index (χ0v) is 15.7. The summed E-state index contributed by atoms with van der Waals surface area (Å²) >= 11 is 0. The largest absolute Gasteiger partial charge is 0.340 e. The van der Waals surface area contributed by atoms with Gasteiger partial charge >= 0.3 is 0 Å². The van der Waals surface area contributed by atoms with Crippen molar-refractivity contribution < 1.29 is 13.2 Å². The van der Waals surface area contributed by atoms with E-state index in [4.69, 9.17) is 0 Å². The Balaban J connectivity index is 2.04. The molecule has 2 rings (SSSR count). The zero-order chi connectivity index (χ0) is 17.9. The number of hydrogen-bond acceptors (Lipinski definition) is 4. The van der Waals surface area contributed by atoms with Crippen LogP contribution in [0.4, 0.5) is 0 Å². The Morgan fingerprint density at radius 2 is 1.83 bits per heavy atom. The van der Waals surface area contributed by atoms with E-state index in [1.54, 1.807) is 11.9 Å². The third-order valence-electron chi connectivity index (χ3n) is 4.73. The second kappa shape index (κ2) is 7.66. The quantitative estimate of drug-likeness (QED) is 0.850. The van der Waals surface area contributed by atoms with Gasteiger partial charge in [-0.05, 0) is 24.8 Å². The van der Waals surface area contributed by atoms with Crippen molar-refractivity contribution in [3.8, 4) is 0 Å². The van der Waals surface area contributed by atoms with Crippen molar-refractivity contribution in [2.45, 2.75) is 45.3 Å². The molecule has 0 bridgehead atoms. The third kappa shape index (κ3) is 4.57. The van der Waals surface area contributed by atoms with E-state index in [9.17, 15) is 13.2 Å². The minimum Gasteiger partial charge on any atom is -0.340 e. The van der Waals surface area contributed by atoms with Gasteiger partial charge in [0.2, 0.25) is 5.91 Å². The van der Waals surface area contributed by atoms with Gasteiger partial charge in [0.15, 0.2) is 9.84 Å². The summed E-state index contributed by atoms with van der Waals surface area (Å²) in [7, 11) is -1.29. The summed E-state index contributed by atoms with van der Waals surface area (Å²) in [5.74, 6) is 0.530. The number of nitrogens with one attached hydrogen (secondary N) is 1. The maximum absolute atomic E-state index is 12.7. The van der Waals surface area contributed by atoms with Crippen molar-refractivity contribution in [3.05, 3.63) is 35.9 Å². The first kappa shape index (κ1) is 18.9. The molecule has 3 atom stereocenters. The zero-order valence-electron chi connectivity index (χ0n) is 14.9. The molecule has 0 radical (unpaired) electrons.